The second-order valence-corrected chi connectivity index (χ2v) is 5.47. The molecule has 2 rings (SSSR count). The first-order chi connectivity index (χ1) is 8.50. The van der Waals surface area contributed by atoms with E-state index in [0.29, 0.717) is 5.56 Å². The van der Waals surface area contributed by atoms with Gasteiger partial charge in [-0.25, -0.2) is 4.39 Å². The quantitative estimate of drug-likeness (QED) is 0.927. The van der Waals surface area contributed by atoms with Gasteiger partial charge in [0.15, 0.2) is 0 Å². The van der Waals surface area contributed by atoms with Crippen molar-refractivity contribution in [3.8, 4) is 0 Å². The Morgan fingerprint density at radius 3 is 2.72 bits per heavy atom. The monoisotopic (exact) mass is 265 g/mol. The van der Waals surface area contributed by atoms with Crippen molar-refractivity contribution < 1.29 is 4.39 Å². The summed E-state index contributed by atoms with van der Waals surface area (Å²) in [5.74, 6) is -0.0473. The summed E-state index contributed by atoms with van der Waals surface area (Å²) >= 11 is 1.24. The molecule has 96 valence electrons. The Balaban J connectivity index is 2.44. The van der Waals surface area contributed by atoms with Crippen LogP contribution in [0.3, 0.4) is 0 Å². The molecule has 18 heavy (non-hydrogen) atoms. The summed E-state index contributed by atoms with van der Waals surface area (Å²) in [7, 11) is 0. The fourth-order valence-corrected chi connectivity index (χ4v) is 2.69. The van der Waals surface area contributed by atoms with Gasteiger partial charge in [-0.2, -0.15) is 0 Å². The van der Waals surface area contributed by atoms with Crippen LogP contribution in [0.15, 0.2) is 18.2 Å². The minimum atomic E-state index is -0.498. The second kappa shape index (κ2) is 5.12. The molecule has 0 bridgehead atoms. The van der Waals surface area contributed by atoms with Crippen LogP contribution in [0.25, 0.3) is 0 Å². The van der Waals surface area contributed by atoms with E-state index in [2.05, 4.69) is 9.59 Å². The Kier molecular flexibility index (Phi) is 3.73. The van der Waals surface area contributed by atoms with E-state index < -0.39 is 6.04 Å². The molecule has 2 aromatic rings. The zero-order valence-electron chi connectivity index (χ0n) is 10.6. The van der Waals surface area contributed by atoms with Crippen LogP contribution in [-0.2, 0) is 0 Å². The Morgan fingerprint density at radius 1 is 1.33 bits per heavy atom. The number of benzene rings is 1. The van der Waals surface area contributed by atoms with E-state index in [0.717, 1.165) is 16.1 Å². The molecule has 2 N–H and O–H groups in total. The lowest BCUT2D eigenvalue weighted by Crippen LogP contribution is -2.14. The van der Waals surface area contributed by atoms with Crippen LogP contribution < -0.4 is 5.73 Å². The van der Waals surface area contributed by atoms with E-state index in [4.69, 9.17) is 5.73 Å². The van der Waals surface area contributed by atoms with Gasteiger partial charge in [0.1, 0.15) is 5.82 Å². The average molecular weight is 265 g/mol. The molecule has 0 fully saturated rings. The normalized spacial score (nSPS) is 13.0. The number of aromatic nitrogens is 2. The Morgan fingerprint density at radius 2 is 2.06 bits per heavy atom. The second-order valence-electron chi connectivity index (χ2n) is 4.68. The highest BCUT2D eigenvalue weighted by molar-refractivity contribution is 7.05. The highest BCUT2D eigenvalue weighted by Gasteiger charge is 2.21. The summed E-state index contributed by atoms with van der Waals surface area (Å²) in [5, 5.41) is 4.08. The predicted molar refractivity (Wildman–Crippen MR) is 71.2 cm³/mol. The van der Waals surface area contributed by atoms with E-state index in [1.54, 1.807) is 12.1 Å². The minimum absolute atomic E-state index is 0.234. The number of hydrogen-bond acceptors (Lipinski definition) is 4. The van der Waals surface area contributed by atoms with E-state index >= 15 is 0 Å². The summed E-state index contributed by atoms with van der Waals surface area (Å²) < 4.78 is 17.8. The van der Waals surface area contributed by atoms with Gasteiger partial charge in [-0.3, -0.25) is 0 Å². The number of halogens is 1. The average Bonchev–Trinajstić information content (AvgIpc) is 2.80. The van der Waals surface area contributed by atoms with Gasteiger partial charge >= 0.3 is 0 Å². The maximum atomic E-state index is 13.8. The van der Waals surface area contributed by atoms with Gasteiger partial charge < -0.3 is 5.73 Å². The predicted octanol–water partition coefficient (Wildman–Crippen LogP) is 3.16. The molecule has 1 unspecified atom stereocenters. The lowest BCUT2D eigenvalue weighted by Gasteiger charge is -2.14. The summed E-state index contributed by atoms with van der Waals surface area (Å²) in [6, 6.07) is 4.47. The van der Waals surface area contributed by atoms with Gasteiger partial charge in [-0.1, -0.05) is 36.0 Å². The van der Waals surface area contributed by atoms with Crippen LogP contribution in [-0.4, -0.2) is 9.59 Å². The first-order valence-electron chi connectivity index (χ1n) is 5.84. The van der Waals surface area contributed by atoms with Crippen LogP contribution in [0.4, 0.5) is 4.39 Å². The molecule has 5 heteroatoms. The molecule has 0 aliphatic carbocycles. The maximum Gasteiger partial charge on any atom is 0.128 e. The van der Waals surface area contributed by atoms with Gasteiger partial charge in [-0.05, 0) is 30.4 Å². The van der Waals surface area contributed by atoms with Crippen molar-refractivity contribution >= 4 is 11.5 Å². The summed E-state index contributed by atoms with van der Waals surface area (Å²) in [6.07, 6.45) is 0. The van der Waals surface area contributed by atoms with Crippen LogP contribution in [0, 0.1) is 12.7 Å². The summed E-state index contributed by atoms with van der Waals surface area (Å²) in [5.41, 5.74) is 8.51. The molecule has 0 radical (unpaired) electrons. The largest absolute Gasteiger partial charge is 0.319 e. The van der Waals surface area contributed by atoms with Crippen LogP contribution in [0.2, 0.25) is 0 Å². The number of rotatable bonds is 3. The van der Waals surface area contributed by atoms with Crippen molar-refractivity contribution in [3.63, 3.8) is 0 Å². The van der Waals surface area contributed by atoms with Crippen molar-refractivity contribution in [2.24, 2.45) is 5.73 Å². The molecule has 1 heterocycles. The minimum Gasteiger partial charge on any atom is -0.319 e. The number of hydrogen-bond donors (Lipinski definition) is 1. The maximum absolute atomic E-state index is 13.8. The molecule has 0 saturated carbocycles. The highest BCUT2D eigenvalue weighted by atomic mass is 32.1. The van der Waals surface area contributed by atoms with Gasteiger partial charge in [-0.15, -0.1) is 5.10 Å². The van der Waals surface area contributed by atoms with Gasteiger partial charge in [0.05, 0.1) is 16.6 Å². The molecule has 0 aliphatic heterocycles. The first kappa shape index (κ1) is 13.1. The van der Waals surface area contributed by atoms with E-state index in [1.807, 2.05) is 20.8 Å². The molecule has 0 spiro atoms. The third kappa shape index (κ3) is 2.42. The molecule has 1 atom stereocenters. The molecule has 0 saturated heterocycles. The Hall–Kier alpha value is -1.33. The lowest BCUT2D eigenvalue weighted by molar-refractivity contribution is 0.598. The van der Waals surface area contributed by atoms with E-state index in [9.17, 15) is 4.39 Å². The lowest BCUT2D eigenvalue weighted by atomic mass is 9.99. The van der Waals surface area contributed by atoms with Crippen LogP contribution >= 0.6 is 11.5 Å². The highest BCUT2D eigenvalue weighted by Crippen LogP contribution is 2.30. The van der Waals surface area contributed by atoms with Crippen LogP contribution in [0.5, 0.6) is 0 Å². The topological polar surface area (TPSA) is 51.8 Å². The van der Waals surface area contributed by atoms with Crippen molar-refractivity contribution in [2.45, 2.75) is 32.7 Å². The number of nitrogens with zero attached hydrogens (tertiary/aromatic N) is 2. The van der Waals surface area contributed by atoms with Crippen molar-refractivity contribution in [1.82, 2.24) is 9.59 Å². The Labute approximate surface area is 110 Å². The smallest absolute Gasteiger partial charge is 0.128 e. The number of aryl methyl sites for hydroxylation is 1. The SMILES string of the molecule is Cc1ccc(F)c(C(N)c2snnc2C(C)C)c1. The van der Waals surface area contributed by atoms with Crippen molar-refractivity contribution in [1.29, 1.82) is 0 Å². The van der Waals surface area contributed by atoms with Crippen molar-refractivity contribution in [2.75, 3.05) is 0 Å². The standard InChI is InChI=1S/C13H16FN3S/c1-7(2)12-13(18-17-16-12)11(15)9-6-8(3)4-5-10(9)14/h4-7,11H,15H2,1-3H3. The van der Waals surface area contributed by atoms with Gasteiger partial charge in [0.2, 0.25) is 0 Å². The molecular weight excluding hydrogens is 249 g/mol. The van der Waals surface area contributed by atoms with Crippen LogP contribution in [0.1, 0.15) is 47.5 Å². The van der Waals surface area contributed by atoms with Gasteiger partial charge in [0, 0.05) is 5.56 Å². The van der Waals surface area contributed by atoms with Gasteiger partial charge in [0.25, 0.3) is 0 Å². The third-order valence-electron chi connectivity index (χ3n) is 2.86. The molecular formula is C13H16FN3S. The molecule has 1 aromatic carbocycles. The molecule has 3 nitrogen and oxygen atoms in total. The fraction of sp³-hybridized carbons (Fsp3) is 0.385. The summed E-state index contributed by atoms with van der Waals surface area (Å²) in [4.78, 5) is 0.842. The van der Waals surface area contributed by atoms with E-state index in [-0.39, 0.29) is 11.7 Å². The first-order valence-corrected chi connectivity index (χ1v) is 6.61. The summed E-state index contributed by atoms with van der Waals surface area (Å²) in [6.45, 7) is 5.98. The Bertz CT molecular complexity index is 551. The molecule has 0 amide bonds. The van der Waals surface area contributed by atoms with Crippen molar-refractivity contribution in [3.05, 3.63) is 45.7 Å². The zero-order valence-corrected chi connectivity index (χ0v) is 11.5. The molecule has 0 aliphatic rings. The number of nitrogens with two attached hydrogens (primary N) is 1. The fourth-order valence-electron chi connectivity index (χ4n) is 1.86. The third-order valence-corrected chi connectivity index (χ3v) is 3.68. The van der Waals surface area contributed by atoms with E-state index in [1.165, 1.54) is 17.6 Å². The zero-order chi connectivity index (χ0) is 13.3. The molecule has 1 aromatic heterocycles.